The predicted octanol–water partition coefficient (Wildman–Crippen LogP) is 1.74. The van der Waals surface area contributed by atoms with Gasteiger partial charge in [0.1, 0.15) is 5.02 Å². The molecule has 0 aliphatic heterocycles. The van der Waals surface area contributed by atoms with Crippen LogP contribution in [-0.4, -0.2) is 28.0 Å². The van der Waals surface area contributed by atoms with Crippen molar-refractivity contribution in [2.45, 2.75) is 33.2 Å². The molecule has 0 aromatic carbocycles. The molecule has 18 heavy (non-hydrogen) atoms. The summed E-state index contributed by atoms with van der Waals surface area (Å²) in [5.41, 5.74) is 0.289. The summed E-state index contributed by atoms with van der Waals surface area (Å²) >= 11 is 6.01. The van der Waals surface area contributed by atoms with Gasteiger partial charge in [-0.05, 0) is 18.8 Å². The Morgan fingerprint density at radius 3 is 2.83 bits per heavy atom. The van der Waals surface area contributed by atoms with Crippen molar-refractivity contribution in [1.29, 1.82) is 0 Å². The second-order valence-electron chi connectivity index (χ2n) is 4.61. The quantitative estimate of drug-likeness (QED) is 0.743. The van der Waals surface area contributed by atoms with Crippen LogP contribution in [0.2, 0.25) is 5.02 Å². The molecule has 1 aromatic heterocycles. The van der Waals surface area contributed by atoms with Crippen LogP contribution < -0.4 is 10.9 Å². The summed E-state index contributed by atoms with van der Waals surface area (Å²) in [5, 5.41) is 16.0. The van der Waals surface area contributed by atoms with Gasteiger partial charge in [-0.2, -0.15) is 5.10 Å². The first-order chi connectivity index (χ1) is 8.56. The van der Waals surface area contributed by atoms with Crippen LogP contribution in [0, 0.1) is 5.92 Å². The van der Waals surface area contributed by atoms with Gasteiger partial charge in [-0.3, -0.25) is 4.79 Å². The minimum absolute atomic E-state index is 0.170. The van der Waals surface area contributed by atoms with E-state index < -0.39 is 0 Å². The van der Waals surface area contributed by atoms with Crippen LogP contribution in [0.1, 0.15) is 26.7 Å². The van der Waals surface area contributed by atoms with Gasteiger partial charge in [0.2, 0.25) is 0 Å². The van der Waals surface area contributed by atoms with Crippen LogP contribution in [0.4, 0.5) is 5.69 Å². The Kier molecular flexibility index (Phi) is 6.15. The lowest BCUT2D eigenvalue weighted by Crippen LogP contribution is -2.26. The van der Waals surface area contributed by atoms with E-state index in [4.69, 9.17) is 16.7 Å². The van der Waals surface area contributed by atoms with E-state index in [0.717, 1.165) is 12.8 Å². The Bertz CT molecular complexity index is 432. The van der Waals surface area contributed by atoms with Crippen molar-refractivity contribution in [3.05, 3.63) is 21.6 Å². The molecule has 0 unspecified atom stereocenters. The number of hydrogen-bond donors (Lipinski definition) is 2. The summed E-state index contributed by atoms with van der Waals surface area (Å²) in [6, 6.07) is 0. The summed E-state index contributed by atoms with van der Waals surface area (Å²) in [5.74, 6) is 0.342. The minimum atomic E-state index is -0.266. The Hall–Kier alpha value is -1.07. The number of halogens is 1. The van der Waals surface area contributed by atoms with E-state index in [2.05, 4.69) is 10.4 Å². The van der Waals surface area contributed by atoms with Crippen molar-refractivity contribution < 1.29 is 5.11 Å². The third-order valence-electron chi connectivity index (χ3n) is 2.42. The van der Waals surface area contributed by atoms with Crippen LogP contribution in [0.25, 0.3) is 0 Å². The fraction of sp³-hybridized carbons (Fsp3) is 0.667. The zero-order valence-corrected chi connectivity index (χ0v) is 11.6. The van der Waals surface area contributed by atoms with Crippen molar-refractivity contribution in [3.63, 3.8) is 0 Å². The summed E-state index contributed by atoms with van der Waals surface area (Å²) in [6.45, 7) is 5.43. The molecule has 0 aliphatic rings. The van der Waals surface area contributed by atoms with E-state index in [1.807, 2.05) is 13.8 Å². The van der Waals surface area contributed by atoms with Gasteiger partial charge >= 0.3 is 0 Å². The first kappa shape index (κ1) is 15.0. The van der Waals surface area contributed by atoms with Crippen LogP contribution in [-0.2, 0) is 6.54 Å². The topological polar surface area (TPSA) is 67.2 Å². The molecule has 0 fully saturated rings. The third kappa shape index (κ3) is 4.31. The molecule has 0 radical (unpaired) electrons. The Labute approximate surface area is 112 Å². The molecule has 0 saturated heterocycles. The molecule has 0 amide bonds. The number of hydrogen-bond acceptors (Lipinski definition) is 4. The fourth-order valence-corrected chi connectivity index (χ4v) is 1.74. The monoisotopic (exact) mass is 273 g/mol. The van der Waals surface area contributed by atoms with Gasteiger partial charge in [0.05, 0.1) is 11.9 Å². The average molecular weight is 274 g/mol. The fourth-order valence-electron chi connectivity index (χ4n) is 1.52. The highest BCUT2D eigenvalue weighted by Crippen LogP contribution is 2.15. The number of aliphatic hydroxyl groups excluding tert-OH is 1. The Morgan fingerprint density at radius 1 is 1.50 bits per heavy atom. The van der Waals surface area contributed by atoms with E-state index in [0.29, 0.717) is 24.7 Å². The molecule has 0 aliphatic carbocycles. The molecule has 1 rings (SSSR count). The number of nitrogens with one attached hydrogen (secondary N) is 1. The number of aliphatic hydroxyl groups is 1. The lowest BCUT2D eigenvalue weighted by Gasteiger charge is -2.11. The molecular weight excluding hydrogens is 254 g/mol. The van der Waals surface area contributed by atoms with Crippen molar-refractivity contribution >= 4 is 17.3 Å². The maximum Gasteiger partial charge on any atom is 0.287 e. The summed E-state index contributed by atoms with van der Waals surface area (Å²) in [7, 11) is 0. The van der Waals surface area contributed by atoms with E-state index in [-0.39, 0.29) is 17.2 Å². The summed E-state index contributed by atoms with van der Waals surface area (Å²) in [4.78, 5) is 11.9. The molecule has 5 nitrogen and oxygen atoms in total. The van der Waals surface area contributed by atoms with Gasteiger partial charge in [0.15, 0.2) is 0 Å². The first-order valence-electron chi connectivity index (χ1n) is 6.16. The highest BCUT2D eigenvalue weighted by molar-refractivity contribution is 6.32. The Morgan fingerprint density at radius 2 is 2.22 bits per heavy atom. The third-order valence-corrected chi connectivity index (χ3v) is 2.79. The number of nitrogens with zero attached hydrogens (tertiary/aromatic N) is 2. The standard InChI is InChI=1S/C12H20ClN3O2/c1-9(2)8-16-12(18)11(13)10(7-15-16)14-5-3-4-6-17/h7,9,14,17H,3-6,8H2,1-2H3. The van der Waals surface area contributed by atoms with Crippen molar-refractivity contribution in [2.24, 2.45) is 5.92 Å². The largest absolute Gasteiger partial charge is 0.396 e. The van der Waals surface area contributed by atoms with Crippen LogP contribution in [0.5, 0.6) is 0 Å². The SMILES string of the molecule is CC(C)Cn1ncc(NCCCCO)c(Cl)c1=O. The van der Waals surface area contributed by atoms with Crippen LogP contribution in [0.3, 0.4) is 0 Å². The Balaban J connectivity index is 2.72. The zero-order valence-electron chi connectivity index (χ0n) is 10.8. The molecule has 0 atom stereocenters. The average Bonchev–Trinajstić information content (AvgIpc) is 2.32. The van der Waals surface area contributed by atoms with E-state index in [1.165, 1.54) is 4.68 Å². The van der Waals surface area contributed by atoms with Crippen molar-refractivity contribution in [1.82, 2.24) is 9.78 Å². The molecule has 1 heterocycles. The predicted molar refractivity (Wildman–Crippen MR) is 73.2 cm³/mol. The molecule has 6 heteroatoms. The molecule has 1 aromatic rings. The maximum atomic E-state index is 11.9. The highest BCUT2D eigenvalue weighted by atomic mass is 35.5. The van der Waals surface area contributed by atoms with Crippen LogP contribution >= 0.6 is 11.6 Å². The van der Waals surface area contributed by atoms with Gasteiger partial charge in [0.25, 0.3) is 5.56 Å². The molecule has 102 valence electrons. The maximum absolute atomic E-state index is 11.9. The zero-order chi connectivity index (χ0) is 13.5. The number of rotatable bonds is 7. The molecule has 0 spiro atoms. The molecular formula is C12H20ClN3O2. The number of anilines is 1. The molecule has 0 saturated carbocycles. The van der Waals surface area contributed by atoms with Gasteiger partial charge < -0.3 is 10.4 Å². The van der Waals surface area contributed by atoms with Gasteiger partial charge in [-0.1, -0.05) is 25.4 Å². The number of unbranched alkanes of at least 4 members (excludes halogenated alkanes) is 1. The van der Waals surface area contributed by atoms with Crippen molar-refractivity contribution in [3.8, 4) is 0 Å². The lowest BCUT2D eigenvalue weighted by atomic mass is 10.2. The second-order valence-corrected chi connectivity index (χ2v) is 4.99. The van der Waals surface area contributed by atoms with Crippen molar-refractivity contribution in [2.75, 3.05) is 18.5 Å². The summed E-state index contributed by atoms with van der Waals surface area (Å²) in [6.07, 6.45) is 3.12. The van der Waals surface area contributed by atoms with Gasteiger partial charge in [0, 0.05) is 19.7 Å². The minimum Gasteiger partial charge on any atom is -0.396 e. The molecule has 2 N–H and O–H groups in total. The summed E-state index contributed by atoms with van der Waals surface area (Å²) < 4.78 is 1.38. The first-order valence-corrected chi connectivity index (χ1v) is 6.54. The van der Waals surface area contributed by atoms with E-state index >= 15 is 0 Å². The van der Waals surface area contributed by atoms with Crippen LogP contribution in [0.15, 0.2) is 11.0 Å². The van der Waals surface area contributed by atoms with E-state index in [9.17, 15) is 4.79 Å². The highest BCUT2D eigenvalue weighted by Gasteiger charge is 2.09. The normalized spacial score (nSPS) is 10.9. The lowest BCUT2D eigenvalue weighted by molar-refractivity contribution is 0.286. The smallest absolute Gasteiger partial charge is 0.287 e. The van der Waals surface area contributed by atoms with Gasteiger partial charge in [-0.15, -0.1) is 0 Å². The second kappa shape index (κ2) is 7.38. The number of aromatic nitrogens is 2. The van der Waals surface area contributed by atoms with Gasteiger partial charge in [-0.25, -0.2) is 4.68 Å². The van der Waals surface area contributed by atoms with E-state index in [1.54, 1.807) is 6.20 Å². The molecule has 0 bridgehead atoms.